The third kappa shape index (κ3) is 2.80. The molecule has 2 aliphatic heterocycles. The molecule has 0 unspecified atom stereocenters. The van der Waals surface area contributed by atoms with Crippen LogP contribution < -0.4 is 16.0 Å². The van der Waals surface area contributed by atoms with Crippen molar-refractivity contribution in [2.45, 2.75) is 31.6 Å². The first kappa shape index (κ1) is 14.9. The zero-order chi connectivity index (χ0) is 16.8. The molecule has 0 aromatic carbocycles. The van der Waals surface area contributed by atoms with Crippen molar-refractivity contribution in [3.05, 3.63) is 11.9 Å². The number of nitrogens with two attached hydrogens (primary N) is 1. The van der Waals surface area contributed by atoms with Gasteiger partial charge in [-0.25, -0.2) is 15.0 Å². The van der Waals surface area contributed by atoms with Crippen molar-refractivity contribution >= 4 is 17.3 Å². The van der Waals surface area contributed by atoms with Gasteiger partial charge in [0.2, 0.25) is 0 Å². The monoisotopic (exact) mass is 341 g/mol. The van der Waals surface area contributed by atoms with E-state index in [1.54, 1.807) is 0 Å². The van der Waals surface area contributed by atoms with Gasteiger partial charge >= 0.3 is 0 Å². The van der Waals surface area contributed by atoms with Crippen LogP contribution in [0.4, 0.5) is 17.3 Å². The number of hydrogen-bond acceptors (Lipinski definition) is 7. The molecule has 1 aliphatic carbocycles. The number of ether oxygens (including phenoxy) is 1. The lowest BCUT2D eigenvalue weighted by Gasteiger charge is -2.27. The van der Waals surface area contributed by atoms with Crippen LogP contribution in [0.2, 0.25) is 0 Å². The van der Waals surface area contributed by atoms with Gasteiger partial charge in [0.1, 0.15) is 5.69 Å². The molecule has 1 saturated heterocycles. The summed E-state index contributed by atoms with van der Waals surface area (Å²) >= 11 is 0. The van der Waals surface area contributed by atoms with Gasteiger partial charge in [0, 0.05) is 31.9 Å². The first-order valence-electron chi connectivity index (χ1n) is 9.07. The number of imidazole rings is 1. The fourth-order valence-corrected chi connectivity index (χ4v) is 3.65. The highest BCUT2D eigenvalue weighted by molar-refractivity contribution is 5.81. The molecule has 4 heterocycles. The van der Waals surface area contributed by atoms with Crippen LogP contribution in [0.15, 0.2) is 6.20 Å². The summed E-state index contributed by atoms with van der Waals surface area (Å²) in [6, 6.07) is 0. The Balaban J connectivity index is 1.42. The standard InChI is InChI=1S/C17H23N7O/c18-14-13-17(24(9-20-13)8-10-3-5-25-6-4-10)23-16(22-14)15-19-7-12(21-15)11-1-2-11/h7,10-11,20H,1-6,8-9H2,(H,19,21)(H2,18,22,23). The van der Waals surface area contributed by atoms with E-state index in [0.29, 0.717) is 29.3 Å². The van der Waals surface area contributed by atoms with Gasteiger partial charge in [0.05, 0.1) is 12.4 Å². The number of fused-ring (bicyclic) bond motifs is 1. The minimum atomic E-state index is 0.485. The van der Waals surface area contributed by atoms with Crippen molar-refractivity contribution in [1.29, 1.82) is 0 Å². The van der Waals surface area contributed by atoms with Crippen molar-refractivity contribution in [2.75, 3.05) is 42.4 Å². The Morgan fingerprint density at radius 2 is 2.00 bits per heavy atom. The number of aromatic nitrogens is 4. The Bertz CT molecular complexity index is 779. The molecule has 4 N–H and O–H groups in total. The second kappa shape index (κ2) is 5.87. The number of anilines is 3. The van der Waals surface area contributed by atoms with Crippen molar-refractivity contribution < 1.29 is 4.74 Å². The fraction of sp³-hybridized carbons (Fsp3) is 0.588. The molecule has 0 bridgehead atoms. The Morgan fingerprint density at radius 1 is 1.16 bits per heavy atom. The van der Waals surface area contributed by atoms with Gasteiger partial charge in [-0.05, 0) is 31.6 Å². The lowest BCUT2D eigenvalue weighted by Crippen LogP contribution is -2.32. The van der Waals surface area contributed by atoms with Crippen LogP contribution in [0.25, 0.3) is 11.6 Å². The molecule has 0 atom stereocenters. The van der Waals surface area contributed by atoms with Crippen LogP contribution in [0.1, 0.15) is 37.3 Å². The Labute approximate surface area is 146 Å². The van der Waals surface area contributed by atoms with Gasteiger partial charge in [0.25, 0.3) is 0 Å². The maximum Gasteiger partial charge on any atom is 0.199 e. The molecule has 3 aliphatic rings. The van der Waals surface area contributed by atoms with Crippen LogP contribution in [0.3, 0.4) is 0 Å². The van der Waals surface area contributed by atoms with Gasteiger partial charge in [-0.2, -0.15) is 0 Å². The summed E-state index contributed by atoms with van der Waals surface area (Å²) in [4.78, 5) is 19.4. The molecule has 5 rings (SSSR count). The average Bonchev–Trinajstić information content (AvgIpc) is 3.22. The third-order valence-electron chi connectivity index (χ3n) is 5.29. The van der Waals surface area contributed by atoms with Crippen molar-refractivity contribution in [3.8, 4) is 11.6 Å². The van der Waals surface area contributed by atoms with E-state index in [2.05, 4.69) is 25.2 Å². The summed E-state index contributed by atoms with van der Waals surface area (Å²) in [6.45, 7) is 3.39. The highest BCUT2D eigenvalue weighted by atomic mass is 16.5. The summed E-state index contributed by atoms with van der Waals surface area (Å²) in [5.41, 5.74) is 8.13. The maximum atomic E-state index is 6.18. The highest BCUT2D eigenvalue weighted by Crippen LogP contribution is 2.40. The van der Waals surface area contributed by atoms with E-state index in [0.717, 1.165) is 56.5 Å². The minimum absolute atomic E-state index is 0.485. The first-order chi connectivity index (χ1) is 12.3. The fourth-order valence-electron chi connectivity index (χ4n) is 3.65. The van der Waals surface area contributed by atoms with E-state index in [9.17, 15) is 0 Å². The summed E-state index contributed by atoms with van der Waals surface area (Å²) in [7, 11) is 0. The van der Waals surface area contributed by atoms with Gasteiger partial charge in [-0.15, -0.1) is 0 Å². The van der Waals surface area contributed by atoms with E-state index in [1.165, 1.54) is 12.8 Å². The molecule has 25 heavy (non-hydrogen) atoms. The van der Waals surface area contributed by atoms with Crippen molar-refractivity contribution in [2.24, 2.45) is 5.92 Å². The Morgan fingerprint density at radius 3 is 2.80 bits per heavy atom. The zero-order valence-electron chi connectivity index (χ0n) is 14.2. The predicted molar refractivity (Wildman–Crippen MR) is 95.4 cm³/mol. The number of nitrogens with one attached hydrogen (secondary N) is 2. The van der Waals surface area contributed by atoms with E-state index in [4.69, 9.17) is 15.5 Å². The number of H-pyrrole nitrogens is 1. The van der Waals surface area contributed by atoms with Gasteiger partial charge in [0.15, 0.2) is 23.3 Å². The summed E-state index contributed by atoms with van der Waals surface area (Å²) in [5.74, 6) is 3.88. The molecule has 0 spiro atoms. The average molecular weight is 341 g/mol. The minimum Gasteiger partial charge on any atom is -0.382 e. The Hall–Kier alpha value is -2.35. The molecule has 0 radical (unpaired) electrons. The Kier molecular flexibility index (Phi) is 3.51. The number of nitrogen functional groups attached to an aromatic ring is 1. The third-order valence-corrected chi connectivity index (χ3v) is 5.29. The van der Waals surface area contributed by atoms with Crippen molar-refractivity contribution in [3.63, 3.8) is 0 Å². The molecule has 1 saturated carbocycles. The predicted octanol–water partition coefficient (Wildman–Crippen LogP) is 1.94. The highest BCUT2D eigenvalue weighted by Gasteiger charge is 2.29. The van der Waals surface area contributed by atoms with Gasteiger partial charge in [-0.3, -0.25) is 0 Å². The number of hydrogen-bond donors (Lipinski definition) is 3. The van der Waals surface area contributed by atoms with Crippen LogP contribution in [0, 0.1) is 5.92 Å². The summed E-state index contributed by atoms with van der Waals surface area (Å²) in [6.07, 6.45) is 6.61. The van der Waals surface area contributed by atoms with Crippen LogP contribution in [-0.2, 0) is 4.74 Å². The molecule has 2 aromatic rings. The molecular formula is C17H23N7O. The van der Waals surface area contributed by atoms with Crippen LogP contribution >= 0.6 is 0 Å². The topological polar surface area (TPSA) is 105 Å². The van der Waals surface area contributed by atoms with E-state index < -0.39 is 0 Å². The van der Waals surface area contributed by atoms with E-state index in [-0.39, 0.29) is 0 Å². The van der Waals surface area contributed by atoms with Crippen LogP contribution in [0.5, 0.6) is 0 Å². The molecule has 2 fully saturated rings. The van der Waals surface area contributed by atoms with E-state index in [1.807, 2.05) is 6.20 Å². The second-order valence-corrected chi connectivity index (χ2v) is 7.19. The number of nitrogens with zero attached hydrogens (tertiary/aromatic N) is 4. The maximum absolute atomic E-state index is 6.18. The summed E-state index contributed by atoms with van der Waals surface area (Å²) < 4.78 is 5.46. The molecular weight excluding hydrogens is 318 g/mol. The molecule has 2 aromatic heterocycles. The lowest BCUT2D eigenvalue weighted by molar-refractivity contribution is 0.0683. The molecule has 8 nitrogen and oxygen atoms in total. The lowest BCUT2D eigenvalue weighted by atomic mass is 10.00. The summed E-state index contributed by atoms with van der Waals surface area (Å²) in [5, 5.41) is 3.33. The molecule has 0 amide bonds. The SMILES string of the molecule is Nc1nc(-c2nc(C3CC3)c[nH]2)nc2c1NCN2CC1CCOCC1. The largest absolute Gasteiger partial charge is 0.382 e. The zero-order valence-corrected chi connectivity index (χ0v) is 14.2. The smallest absolute Gasteiger partial charge is 0.199 e. The normalized spacial score (nSPS) is 20.6. The quantitative estimate of drug-likeness (QED) is 0.780. The van der Waals surface area contributed by atoms with E-state index >= 15 is 0 Å². The number of rotatable bonds is 4. The van der Waals surface area contributed by atoms with Gasteiger partial charge < -0.3 is 25.7 Å². The van der Waals surface area contributed by atoms with Gasteiger partial charge in [-0.1, -0.05) is 0 Å². The van der Waals surface area contributed by atoms with Crippen molar-refractivity contribution in [1.82, 2.24) is 19.9 Å². The molecule has 8 heteroatoms. The number of aromatic amines is 1. The first-order valence-corrected chi connectivity index (χ1v) is 9.07. The van der Waals surface area contributed by atoms with Crippen LogP contribution in [-0.4, -0.2) is 46.4 Å². The second-order valence-electron chi connectivity index (χ2n) is 7.19. The molecule has 132 valence electrons.